The van der Waals surface area contributed by atoms with Crippen LogP contribution in [-0.2, 0) is 4.79 Å². The average molecular weight is 266 g/mol. The van der Waals surface area contributed by atoms with Crippen LogP contribution in [0.4, 0.5) is 0 Å². The molecule has 0 saturated heterocycles. The first-order chi connectivity index (χ1) is 8.87. The highest BCUT2D eigenvalue weighted by molar-refractivity contribution is 5.90. The summed E-state index contributed by atoms with van der Waals surface area (Å²) in [5.74, 6) is 0.0302. The summed E-state index contributed by atoms with van der Waals surface area (Å²) in [6, 6.07) is 0. The van der Waals surface area contributed by atoms with Gasteiger partial charge in [0.15, 0.2) is 0 Å². The summed E-state index contributed by atoms with van der Waals surface area (Å²) < 4.78 is 0. The molecule has 3 N–H and O–H groups in total. The molecule has 104 valence electrons. The molecule has 1 aromatic heterocycles. The Kier molecular flexibility index (Phi) is 3.55. The highest BCUT2D eigenvalue weighted by Crippen LogP contribution is 2.37. The van der Waals surface area contributed by atoms with Gasteiger partial charge in [-0.15, -0.1) is 5.10 Å². The van der Waals surface area contributed by atoms with E-state index in [1.54, 1.807) is 13.8 Å². The van der Waals surface area contributed by atoms with Crippen LogP contribution in [0.3, 0.4) is 0 Å². The van der Waals surface area contributed by atoms with E-state index in [0.29, 0.717) is 12.3 Å². The van der Waals surface area contributed by atoms with E-state index in [2.05, 4.69) is 20.5 Å². The summed E-state index contributed by atoms with van der Waals surface area (Å²) in [7, 11) is 0. The van der Waals surface area contributed by atoms with Crippen molar-refractivity contribution in [2.45, 2.75) is 51.0 Å². The Balaban J connectivity index is 1.92. The maximum absolute atomic E-state index is 12.0. The van der Waals surface area contributed by atoms with E-state index in [9.17, 15) is 9.59 Å². The second-order valence-electron chi connectivity index (χ2n) is 5.55. The van der Waals surface area contributed by atoms with E-state index in [1.807, 2.05) is 0 Å². The van der Waals surface area contributed by atoms with Crippen LogP contribution >= 0.6 is 0 Å². The van der Waals surface area contributed by atoms with Crippen LogP contribution in [0.15, 0.2) is 0 Å². The SMILES string of the molecule is CC(C)(CCC(=O)O)NC(=O)c1n[nH]c(C2CC2)n1. The van der Waals surface area contributed by atoms with E-state index in [4.69, 9.17) is 5.11 Å². The maximum atomic E-state index is 12.0. The predicted molar refractivity (Wildman–Crippen MR) is 66.8 cm³/mol. The van der Waals surface area contributed by atoms with Crippen LogP contribution in [0.2, 0.25) is 0 Å². The Morgan fingerprint density at radius 1 is 1.47 bits per heavy atom. The number of H-pyrrole nitrogens is 1. The maximum Gasteiger partial charge on any atom is 0.303 e. The third-order valence-corrected chi connectivity index (χ3v) is 3.09. The van der Waals surface area contributed by atoms with Crippen molar-refractivity contribution in [1.29, 1.82) is 0 Å². The first-order valence-corrected chi connectivity index (χ1v) is 6.34. The number of aliphatic carboxylic acids is 1. The largest absolute Gasteiger partial charge is 0.481 e. The summed E-state index contributed by atoms with van der Waals surface area (Å²) in [4.78, 5) is 26.7. The molecule has 1 aromatic rings. The minimum Gasteiger partial charge on any atom is -0.481 e. The number of carboxylic acids is 1. The number of rotatable bonds is 6. The number of carbonyl (C=O) groups is 2. The lowest BCUT2D eigenvalue weighted by Gasteiger charge is -2.24. The molecule has 2 rings (SSSR count). The van der Waals surface area contributed by atoms with Gasteiger partial charge in [-0.3, -0.25) is 14.7 Å². The lowest BCUT2D eigenvalue weighted by atomic mass is 9.98. The van der Waals surface area contributed by atoms with Crippen LogP contribution < -0.4 is 5.32 Å². The number of carboxylic acid groups (broad SMARTS) is 1. The topological polar surface area (TPSA) is 108 Å². The number of aromatic nitrogens is 3. The molecule has 0 unspecified atom stereocenters. The predicted octanol–water partition coefficient (Wildman–Crippen LogP) is 1.06. The van der Waals surface area contributed by atoms with Crippen molar-refractivity contribution >= 4 is 11.9 Å². The monoisotopic (exact) mass is 266 g/mol. The van der Waals surface area contributed by atoms with Crippen molar-refractivity contribution in [3.8, 4) is 0 Å². The molecule has 1 aliphatic carbocycles. The molecule has 1 amide bonds. The summed E-state index contributed by atoms with van der Waals surface area (Å²) in [6.45, 7) is 3.56. The Hall–Kier alpha value is -1.92. The van der Waals surface area contributed by atoms with Crippen molar-refractivity contribution in [3.05, 3.63) is 11.6 Å². The fourth-order valence-corrected chi connectivity index (χ4v) is 1.76. The lowest BCUT2D eigenvalue weighted by molar-refractivity contribution is -0.137. The highest BCUT2D eigenvalue weighted by atomic mass is 16.4. The summed E-state index contributed by atoms with van der Waals surface area (Å²) in [5, 5.41) is 18.1. The Bertz CT molecular complexity index is 491. The zero-order valence-electron chi connectivity index (χ0n) is 11.1. The van der Waals surface area contributed by atoms with Crippen LogP contribution in [-0.4, -0.2) is 37.7 Å². The molecule has 0 aliphatic heterocycles. The molecule has 19 heavy (non-hydrogen) atoms. The smallest absolute Gasteiger partial charge is 0.303 e. The number of hydrogen-bond donors (Lipinski definition) is 3. The van der Waals surface area contributed by atoms with E-state index < -0.39 is 11.5 Å². The number of nitrogens with one attached hydrogen (secondary N) is 2. The zero-order valence-corrected chi connectivity index (χ0v) is 11.1. The second-order valence-corrected chi connectivity index (χ2v) is 5.55. The van der Waals surface area contributed by atoms with Gasteiger partial charge in [0, 0.05) is 17.9 Å². The lowest BCUT2D eigenvalue weighted by Crippen LogP contribution is -2.44. The standard InChI is InChI=1S/C12H18N4O3/c1-12(2,6-5-8(17)18)14-11(19)10-13-9(15-16-10)7-3-4-7/h7H,3-6H2,1-2H3,(H,14,19)(H,17,18)(H,13,15,16). The molecule has 1 fully saturated rings. The average Bonchev–Trinajstić information content (AvgIpc) is 3.04. The van der Waals surface area contributed by atoms with E-state index in [0.717, 1.165) is 18.7 Å². The first kappa shape index (κ1) is 13.5. The molecule has 1 heterocycles. The molecule has 1 saturated carbocycles. The fraction of sp³-hybridized carbons (Fsp3) is 0.667. The van der Waals surface area contributed by atoms with Gasteiger partial charge in [0.1, 0.15) is 5.82 Å². The fourth-order valence-electron chi connectivity index (χ4n) is 1.76. The van der Waals surface area contributed by atoms with Crippen molar-refractivity contribution < 1.29 is 14.7 Å². The minimum absolute atomic E-state index is 0.00853. The van der Waals surface area contributed by atoms with Crippen LogP contribution in [0.5, 0.6) is 0 Å². The normalized spacial score (nSPS) is 15.3. The second kappa shape index (κ2) is 4.99. The Morgan fingerprint density at radius 2 is 2.16 bits per heavy atom. The first-order valence-electron chi connectivity index (χ1n) is 6.34. The molecule has 1 aliphatic rings. The zero-order chi connectivity index (χ0) is 14.0. The molecular weight excluding hydrogens is 248 g/mol. The number of hydrogen-bond acceptors (Lipinski definition) is 4. The molecule has 0 radical (unpaired) electrons. The van der Waals surface area contributed by atoms with E-state index in [1.165, 1.54) is 0 Å². The van der Waals surface area contributed by atoms with Gasteiger partial charge in [0.05, 0.1) is 0 Å². The molecule has 0 atom stereocenters. The third-order valence-electron chi connectivity index (χ3n) is 3.09. The van der Waals surface area contributed by atoms with Crippen molar-refractivity contribution in [3.63, 3.8) is 0 Å². The molecule has 0 spiro atoms. The van der Waals surface area contributed by atoms with E-state index in [-0.39, 0.29) is 18.2 Å². The van der Waals surface area contributed by atoms with Gasteiger partial charge in [0.25, 0.3) is 5.91 Å². The Labute approximate surface area is 110 Å². The van der Waals surface area contributed by atoms with Crippen molar-refractivity contribution in [2.75, 3.05) is 0 Å². The molecule has 7 heteroatoms. The number of carbonyl (C=O) groups excluding carboxylic acids is 1. The molecule has 0 aromatic carbocycles. The summed E-state index contributed by atoms with van der Waals surface area (Å²) in [5.41, 5.74) is -0.601. The van der Waals surface area contributed by atoms with Gasteiger partial charge in [0.2, 0.25) is 5.82 Å². The Morgan fingerprint density at radius 3 is 2.74 bits per heavy atom. The van der Waals surface area contributed by atoms with E-state index >= 15 is 0 Å². The summed E-state index contributed by atoms with van der Waals surface area (Å²) in [6.07, 6.45) is 2.53. The van der Waals surface area contributed by atoms with Gasteiger partial charge >= 0.3 is 5.97 Å². The number of aromatic amines is 1. The molecular formula is C12H18N4O3. The van der Waals surface area contributed by atoms with Crippen LogP contribution in [0, 0.1) is 0 Å². The van der Waals surface area contributed by atoms with Crippen molar-refractivity contribution in [2.24, 2.45) is 0 Å². The van der Waals surface area contributed by atoms with Gasteiger partial charge in [-0.25, -0.2) is 4.98 Å². The molecule has 7 nitrogen and oxygen atoms in total. The van der Waals surface area contributed by atoms with Gasteiger partial charge in [-0.05, 0) is 33.1 Å². The van der Waals surface area contributed by atoms with Crippen molar-refractivity contribution in [1.82, 2.24) is 20.5 Å². The number of nitrogens with zero attached hydrogens (tertiary/aromatic N) is 2. The van der Waals surface area contributed by atoms with Crippen LogP contribution in [0.1, 0.15) is 61.9 Å². The van der Waals surface area contributed by atoms with Gasteiger partial charge < -0.3 is 10.4 Å². The quantitative estimate of drug-likeness (QED) is 0.713. The van der Waals surface area contributed by atoms with Gasteiger partial charge in [-0.2, -0.15) is 0 Å². The minimum atomic E-state index is -0.878. The third kappa shape index (κ3) is 3.77. The van der Waals surface area contributed by atoms with Gasteiger partial charge in [-0.1, -0.05) is 0 Å². The highest BCUT2D eigenvalue weighted by Gasteiger charge is 2.29. The summed E-state index contributed by atoms with van der Waals surface area (Å²) >= 11 is 0. The number of amides is 1. The van der Waals surface area contributed by atoms with Crippen LogP contribution in [0.25, 0.3) is 0 Å². The molecule has 0 bridgehead atoms.